The lowest BCUT2D eigenvalue weighted by Crippen LogP contribution is -2.41. The van der Waals surface area contributed by atoms with Gasteiger partial charge in [-0.2, -0.15) is 4.31 Å². The second kappa shape index (κ2) is 8.13. The SMILES string of the molecule is CCC(CC)N(CCO)S(=O)(=O)c1c(Cl)cc(Br)cc1Cl. The zero-order chi connectivity index (χ0) is 16.2. The first-order valence-electron chi connectivity index (χ1n) is 6.56. The van der Waals surface area contributed by atoms with E-state index in [0.29, 0.717) is 17.3 Å². The molecule has 0 amide bonds. The van der Waals surface area contributed by atoms with Crippen LogP contribution in [0.25, 0.3) is 0 Å². The number of hydrogen-bond acceptors (Lipinski definition) is 3. The van der Waals surface area contributed by atoms with Gasteiger partial charge in [0.15, 0.2) is 0 Å². The lowest BCUT2D eigenvalue weighted by atomic mass is 10.2. The molecule has 1 rings (SSSR count). The molecule has 0 radical (unpaired) electrons. The van der Waals surface area contributed by atoms with E-state index in [1.165, 1.54) is 16.4 Å². The van der Waals surface area contributed by atoms with Crippen LogP contribution in [0.3, 0.4) is 0 Å². The zero-order valence-electron chi connectivity index (χ0n) is 11.8. The molecule has 1 N–H and O–H groups in total. The Bertz CT molecular complexity index is 568. The molecule has 0 bridgehead atoms. The molecule has 0 aliphatic rings. The molecule has 0 heterocycles. The quantitative estimate of drug-likeness (QED) is 0.729. The molecule has 120 valence electrons. The van der Waals surface area contributed by atoms with Crippen molar-refractivity contribution in [3.8, 4) is 0 Å². The maximum atomic E-state index is 12.9. The van der Waals surface area contributed by atoms with Crippen LogP contribution < -0.4 is 0 Å². The third kappa shape index (κ3) is 4.33. The van der Waals surface area contributed by atoms with Crippen LogP contribution >= 0.6 is 39.1 Å². The number of aliphatic hydroxyl groups is 1. The molecule has 0 unspecified atom stereocenters. The Labute approximate surface area is 144 Å². The van der Waals surface area contributed by atoms with Gasteiger partial charge in [0.2, 0.25) is 10.0 Å². The molecule has 0 spiro atoms. The molecule has 0 aromatic heterocycles. The molecular weight excluding hydrogens is 401 g/mol. The first kappa shape index (κ1) is 19.2. The predicted octanol–water partition coefficient (Wildman–Crippen LogP) is 3.93. The third-order valence-corrected chi connectivity index (χ3v) is 6.53. The molecule has 0 saturated heterocycles. The summed E-state index contributed by atoms with van der Waals surface area (Å²) in [5.74, 6) is 0. The Morgan fingerprint density at radius 1 is 1.24 bits per heavy atom. The highest BCUT2D eigenvalue weighted by Gasteiger charge is 2.33. The standard InChI is InChI=1S/C13H18BrCl2NO3S/c1-3-10(4-2)17(5-6-18)21(19,20)13-11(15)7-9(14)8-12(13)16/h7-8,10,18H,3-6H2,1-2H3. The van der Waals surface area contributed by atoms with Gasteiger partial charge in [-0.25, -0.2) is 8.42 Å². The Hall–Kier alpha value is 0.150. The molecule has 0 aliphatic heterocycles. The Morgan fingerprint density at radius 2 is 1.71 bits per heavy atom. The lowest BCUT2D eigenvalue weighted by molar-refractivity contribution is 0.219. The highest BCUT2D eigenvalue weighted by molar-refractivity contribution is 9.10. The van der Waals surface area contributed by atoms with Gasteiger partial charge in [0.25, 0.3) is 0 Å². The van der Waals surface area contributed by atoms with E-state index in [1.807, 2.05) is 13.8 Å². The predicted molar refractivity (Wildman–Crippen MR) is 89.5 cm³/mol. The van der Waals surface area contributed by atoms with Crippen LogP contribution in [0, 0.1) is 0 Å². The van der Waals surface area contributed by atoms with Gasteiger partial charge < -0.3 is 5.11 Å². The summed E-state index contributed by atoms with van der Waals surface area (Å²) in [7, 11) is -3.88. The molecule has 4 nitrogen and oxygen atoms in total. The van der Waals surface area contributed by atoms with Gasteiger partial charge in [-0.3, -0.25) is 0 Å². The number of halogens is 3. The van der Waals surface area contributed by atoms with Gasteiger partial charge >= 0.3 is 0 Å². The molecule has 0 aliphatic carbocycles. The largest absolute Gasteiger partial charge is 0.395 e. The summed E-state index contributed by atoms with van der Waals surface area (Å²) in [6, 6.07) is 2.77. The number of nitrogens with zero attached hydrogens (tertiary/aromatic N) is 1. The van der Waals surface area contributed by atoms with Crippen LogP contribution in [0.1, 0.15) is 26.7 Å². The van der Waals surface area contributed by atoms with E-state index < -0.39 is 10.0 Å². The van der Waals surface area contributed by atoms with E-state index in [4.69, 9.17) is 23.2 Å². The fourth-order valence-electron chi connectivity index (χ4n) is 2.19. The van der Waals surface area contributed by atoms with Crippen molar-refractivity contribution >= 4 is 49.2 Å². The maximum Gasteiger partial charge on any atom is 0.246 e. The van der Waals surface area contributed by atoms with E-state index in [2.05, 4.69) is 15.9 Å². The van der Waals surface area contributed by atoms with Gasteiger partial charge in [0, 0.05) is 17.1 Å². The normalized spacial score (nSPS) is 12.4. The van der Waals surface area contributed by atoms with Crippen molar-refractivity contribution in [1.82, 2.24) is 4.31 Å². The van der Waals surface area contributed by atoms with Crippen LogP contribution in [-0.2, 0) is 10.0 Å². The lowest BCUT2D eigenvalue weighted by Gasteiger charge is -2.29. The first-order chi connectivity index (χ1) is 9.79. The average Bonchev–Trinajstić information content (AvgIpc) is 2.37. The third-order valence-electron chi connectivity index (χ3n) is 3.20. The van der Waals surface area contributed by atoms with E-state index in [0.717, 1.165) is 0 Å². The molecule has 1 aromatic carbocycles. The van der Waals surface area contributed by atoms with Gasteiger partial charge in [0.1, 0.15) is 4.90 Å². The van der Waals surface area contributed by atoms with Crippen molar-refractivity contribution in [2.45, 2.75) is 37.6 Å². The number of rotatable bonds is 7. The highest BCUT2D eigenvalue weighted by Crippen LogP contribution is 2.35. The van der Waals surface area contributed by atoms with Crippen molar-refractivity contribution in [3.63, 3.8) is 0 Å². The van der Waals surface area contributed by atoms with Crippen LogP contribution in [0.2, 0.25) is 10.0 Å². The van der Waals surface area contributed by atoms with Crippen LogP contribution in [-0.4, -0.2) is 37.0 Å². The molecule has 0 atom stereocenters. The smallest absolute Gasteiger partial charge is 0.246 e. The minimum atomic E-state index is -3.88. The summed E-state index contributed by atoms with van der Waals surface area (Å²) in [6.45, 7) is 3.55. The fraction of sp³-hybridized carbons (Fsp3) is 0.538. The highest BCUT2D eigenvalue weighted by atomic mass is 79.9. The zero-order valence-corrected chi connectivity index (χ0v) is 15.7. The Kier molecular flexibility index (Phi) is 7.43. The van der Waals surface area contributed by atoms with E-state index in [9.17, 15) is 13.5 Å². The van der Waals surface area contributed by atoms with Crippen LogP contribution in [0.4, 0.5) is 0 Å². The molecule has 8 heteroatoms. The second-order valence-electron chi connectivity index (χ2n) is 4.51. The molecular formula is C13H18BrCl2NO3S. The van der Waals surface area contributed by atoms with Crippen molar-refractivity contribution < 1.29 is 13.5 Å². The number of benzene rings is 1. The van der Waals surface area contributed by atoms with Gasteiger partial charge in [0.05, 0.1) is 16.7 Å². The summed E-state index contributed by atoms with van der Waals surface area (Å²) in [5, 5.41) is 9.31. The van der Waals surface area contributed by atoms with Crippen molar-refractivity contribution in [2.24, 2.45) is 0 Å². The molecule has 21 heavy (non-hydrogen) atoms. The first-order valence-corrected chi connectivity index (χ1v) is 9.55. The topological polar surface area (TPSA) is 57.6 Å². The molecule has 1 aromatic rings. The second-order valence-corrected chi connectivity index (χ2v) is 8.07. The monoisotopic (exact) mass is 417 g/mol. The van der Waals surface area contributed by atoms with Crippen molar-refractivity contribution in [2.75, 3.05) is 13.2 Å². The number of hydrogen-bond donors (Lipinski definition) is 1. The summed E-state index contributed by atoms with van der Waals surface area (Å²) >= 11 is 15.4. The maximum absolute atomic E-state index is 12.9. The Morgan fingerprint density at radius 3 is 2.10 bits per heavy atom. The summed E-state index contributed by atoms with van der Waals surface area (Å²) in [4.78, 5) is -0.116. The Balaban J connectivity index is 3.43. The molecule has 0 saturated carbocycles. The average molecular weight is 419 g/mol. The summed E-state index contributed by atoms with van der Waals surface area (Å²) in [6.07, 6.45) is 1.28. The van der Waals surface area contributed by atoms with Gasteiger partial charge in [-0.1, -0.05) is 53.0 Å². The fourth-order valence-corrected chi connectivity index (χ4v) is 5.84. The summed E-state index contributed by atoms with van der Waals surface area (Å²) < 4.78 is 27.6. The van der Waals surface area contributed by atoms with E-state index in [1.54, 1.807) is 0 Å². The van der Waals surface area contributed by atoms with Gasteiger partial charge in [-0.15, -0.1) is 0 Å². The number of sulfonamides is 1. The minimum Gasteiger partial charge on any atom is -0.395 e. The van der Waals surface area contributed by atoms with E-state index >= 15 is 0 Å². The molecule has 0 fully saturated rings. The number of aliphatic hydroxyl groups excluding tert-OH is 1. The van der Waals surface area contributed by atoms with Crippen molar-refractivity contribution in [3.05, 3.63) is 26.7 Å². The minimum absolute atomic E-state index is 0.0113. The van der Waals surface area contributed by atoms with Crippen LogP contribution in [0.15, 0.2) is 21.5 Å². The van der Waals surface area contributed by atoms with E-state index in [-0.39, 0.29) is 34.1 Å². The van der Waals surface area contributed by atoms with Gasteiger partial charge in [-0.05, 0) is 25.0 Å². The van der Waals surface area contributed by atoms with Crippen molar-refractivity contribution in [1.29, 1.82) is 0 Å². The summed E-state index contributed by atoms with van der Waals surface area (Å²) in [5.41, 5.74) is 0. The van der Waals surface area contributed by atoms with Crippen LogP contribution in [0.5, 0.6) is 0 Å².